The summed E-state index contributed by atoms with van der Waals surface area (Å²) in [6.45, 7) is 0.319. The lowest BCUT2D eigenvalue weighted by Gasteiger charge is -2.05. The van der Waals surface area contributed by atoms with Crippen LogP contribution in [0.15, 0.2) is 42.6 Å². The third-order valence-electron chi connectivity index (χ3n) is 2.62. The van der Waals surface area contributed by atoms with Crippen molar-refractivity contribution in [3.05, 3.63) is 59.4 Å². The minimum atomic E-state index is -0.0639. The molecule has 4 heteroatoms. The number of ether oxygens (including phenoxy) is 1. The quantitative estimate of drug-likeness (QED) is 0.830. The van der Waals surface area contributed by atoms with Gasteiger partial charge in [0.2, 0.25) is 0 Å². The van der Waals surface area contributed by atoms with E-state index in [-0.39, 0.29) is 5.78 Å². The molecule has 0 spiro atoms. The van der Waals surface area contributed by atoms with E-state index < -0.39 is 0 Å². The Morgan fingerprint density at radius 1 is 1.28 bits per heavy atom. The van der Waals surface area contributed by atoms with Crippen LogP contribution in [-0.4, -0.2) is 17.9 Å². The van der Waals surface area contributed by atoms with Gasteiger partial charge >= 0.3 is 0 Å². The van der Waals surface area contributed by atoms with Crippen molar-refractivity contribution in [3.63, 3.8) is 0 Å². The normalized spacial score (nSPS) is 10.1. The van der Waals surface area contributed by atoms with Crippen LogP contribution in [-0.2, 0) is 6.54 Å². The Morgan fingerprint density at radius 2 is 2.06 bits per heavy atom. The molecule has 0 bridgehead atoms. The second kappa shape index (κ2) is 5.42. The predicted octanol–water partition coefficient (Wildman–Crippen LogP) is 1.78. The highest BCUT2D eigenvalue weighted by molar-refractivity contribution is 6.09. The minimum absolute atomic E-state index is 0.0639. The van der Waals surface area contributed by atoms with Gasteiger partial charge in [0.05, 0.1) is 12.8 Å². The summed E-state index contributed by atoms with van der Waals surface area (Å²) in [5.41, 5.74) is 7.38. The van der Waals surface area contributed by atoms with Gasteiger partial charge in [0.1, 0.15) is 5.75 Å². The number of carbonyl (C=O) groups is 1. The zero-order valence-corrected chi connectivity index (χ0v) is 10.1. The Labute approximate surface area is 105 Å². The van der Waals surface area contributed by atoms with Gasteiger partial charge in [-0.1, -0.05) is 12.1 Å². The first-order valence-electron chi connectivity index (χ1n) is 5.58. The first kappa shape index (κ1) is 12.3. The number of aromatic nitrogens is 1. The van der Waals surface area contributed by atoms with Crippen molar-refractivity contribution in [3.8, 4) is 5.75 Å². The molecule has 1 aromatic carbocycles. The standard InChI is InChI=1S/C14H14N2O2/c1-18-13-4-2-3-10(8-13)14(17)11-5-6-16-12(7-11)9-15/h2-8H,9,15H2,1H3. The number of nitrogens with zero attached hydrogens (tertiary/aromatic N) is 1. The third-order valence-corrected chi connectivity index (χ3v) is 2.62. The van der Waals surface area contributed by atoms with Gasteiger partial charge in [-0.05, 0) is 24.3 Å². The molecule has 4 nitrogen and oxygen atoms in total. The molecule has 0 saturated carbocycles. The van der Waals surface area contributed by atoms with Gasteiger partial charge in [0.25, 0.3) is 0 Å². The number of carbonyl (C=O) groups excluding carboxylic acids is 1. The van der Waals surface area contributed by atoms with Crippen LogP contribution in [0.5, 0.6) is 5.75 Å². The maximum Gasteiger partial charge on any atom is 0.193 e. The highest BCUT2D eigenvalue weighted by Gasteiger charge is 2.10. The predicted molar refractivity (Wildman–Crippen MR) is 68.6 cm³/mol. The molecule has 0 unspecified atom stereocenters. The maximum absolute atomic E-state index is 12.3. The van der Waals surface area contributed by atoms with E-state index in [1.54, 1.807) is 49.7 Å². The molecule has 0 radical (unpaired) electrons. The number of nitrogens with two attached hydrogens (primary N) is 1. The van der Waals surface area contributed by atoms with Crippen molar-refractivity contribution in [2.75, 3.05) is 7.11 Å². The Morgan fingerprint density at radius 3 is 2.78 bits per heavy atom. The lowest BCUT2D eigenvalue weighted by atomic mass is 10.0. The van der Waals surface area contributed by atoms with E-state index in [2.05, 4.69) is 4.98 Å². The molecule has 0 amide bonds. The maximum atomic E-state index is 12.3. The Hall–Kier alpha value is -2.20. The van der Waals surface area contributed by atoms with Crippen LogP contribution in [0.3, 0.4) is 0 Å². The summed E-state index contributed by atoms with van der Waals surface area (Å²) in [6.07, 6.45) is 1.59. The number of rotatable bonds is 4. The first-order chi connectivity index (χ1) is 8.74. The number of hydrogen-bond acceptors (Lipinski definition) is 4. The summed E-state index contributed by atoms with van der Waals surface area (Å²) in [6, 6.07) is 10.5. The second-order valence-corrected chi connectivity index (χ2v) is 3.80. The Kier molecular flexibility index (Phi) is 3.69. The molecule has 2 rings (SSSR count). The van der Waals surface area contributed by atoms with Crippen molar-refractivity contribution >= 4 is 5.78 Å². The van der Waals surface area contributed by atoms with Gasteiger partial charge in [-0.25, -0.2) is 0 Å². The van der Waals surface area contributed by atoms with Crippen molar-refractivity contribution in [2.45, 2.75) is 6.54 Å². The highest BCUT2D eigenvalue weighted by Crippen LogP contribution is 2.16. The van der Waals surface area contributed by atoms with E-state index in [9.17, 15) is 4.79 Å². The van der Waals surface area contributed by atoms with Crippen LogP contribution in [0, 0.1) is 0 Å². The van der Waals surface area contributed by atoms with Crippen molar-refractivity contribution in [1.29, 1.82) is 0 Å². The van der Waals surface area contributed by atoms with Gasteiger partial charge in [-0.15, -0.1) is 0 Å². The lowest BCUT2D eigenvalue weighted by molar-refractivity contribution is 0.103. The fraction of sp³-hybridized carbons (Fsp3) is 0.143. The molecule has 18 heavy (non-hydrogen) atoms. The molecule has 0 aliphatic heterocycles. The molecule has 1 heterocycles. The first-order valence-corrected chi connectivity index (χ1v) is 5.58. The molecular formula is C14H14N2O2. The topological polar surface area (TPSA) is 65.2 Å². The fourth-order valence-corrected chi connectivity index (χ4v) is 1.66. The summed E-state index contributed by atoms with van der Waals surface area (Å²) >= 11 is 0. The number of methoxy groups -OCH3 is 1. The number of pyridine rings is 1. The third kappa shape index (κ3) is 2.55. The molecule has 0 saturated heterocycles. The SMILES string of the molecule is COc1cccc(C(=O)c2ccnc(CN)c2)c1. The van der Waals surface area contributed by atoms with Crippen LogP contribution in [0.2, 0.25) is 0 Å². The Balaban J connectivity index is 2.34. The average Bonchev–Trinajstić information content (AvgIpc) is 2.46. The molecule has 0 aliphatic carbocycles. The van der Waals surface area contributed by atoms with E-state index in [1.165, 1.54) is 0 Å². The van der Waals surface area contributed by atoms with E-state index in [0.29, 0.717) is 29.1 Å². The molecule has 1 aromatic heterocycles. The number of hydrogen-bond donors (Lipinski definition) is 1. The zero-order valence-electron chi connectivity index (χ0n) is 10.1. The fourth-order valence-electron chi connectivity index (χ4n) is 1.66. The van der Waals surface area contributed by atoms with Gasteiger partial charge in [-0.3, -0.25) is 9.78 Å². The van der Waals surface area contributed by atoms with Gasteiger partial charge in [0.15, 0.2) is 5.78 Å². The van der Waals surface area contributed by atoms with Gasteiger partial charge < -0.3 is 10.5 Å². The second-order valence-electron chi connectivity index (χ2n) is 3.80. The van der Waals surface area contributed by atoms with E-state index in [0.717, 1.165) is 0 Å². The molecular weight excluding hydrogens is 228 g/mol. The van der Waals surface area contributed by atoms with E-state index in [4.69, 9.17) is 10.5 Å². The largest absolute Gasteiger partial charge is 0.497 e. The van der Waals surface area contributed by atoms with Crippen LogP contribution in [0.1, 0.15) is 21.6 Å². The van der Waals surface area contributed by atoms with Crippen molar-refractivity contribution in [2.24, 2.45) is 5.73 Å². The smallest absolute Gasteiger partial charge is 0.193 e. The number of ketones is 1. The van der Waals surface area contributed by atoms with E-state index in [1.807, 2.05) is 0 Å². The number of benzene rings is 1. The average molecular weight is 242 g/mol. The van der Waals surface area contributed by atoms with Crippen LogP contribution >= 0.6 is 0 Å². The van der Waals surface area contributed by atoms with Crippen LogP contribution in [0.4, 0.5) is 0 Å². The summed E-state index contributed by atoms with van der Waals surface area (Å²) in [7, 11) is 1.57. The molecule has 0 aliphatic rings. The Bertz CT molecular complexity index is 518. The highest BCUT2D eigenvalue weighted by atomic mass is 16.5. The summed E-state index contributed by atoms with van der Waals surface area (Å²) < 4.78 is 5.10. The summed E-state index contributed by atoms with van der Waals surface area (Å²) in [5, 5.41) is 0. The molecule has 0 fully saturated rings. The van der Waals surface area contributed by atoms with Gasteiger partial charge in [0, 0.05) is 23.9 Å². The summed E-state index contributed by atoms with van der Waals surface area (Å²) in [4.78, 5) is 16.3. The van der Waals surface area contributed by atoms with Crippen LogP contribution < -0.4 is 10.5 Å². The minimum Gasteiger partial charge on any atom is -0.497 e. The molecule has 0 atom stereocenters. The molecule has 92 valence electrons. The van der Waals surface area contributed by atoms with E-state index >= 15 is 0 Å². The monoisotopic (exact) mass is 242 g/mol. The summed E-state index contributed by atoms with van der Waals surface area (Å²) in [5.74, 6) is 0.597. The molecule has 2 N–H and O–H groups in total. The van der Waals surface area contributed by atoms with Crippen molar-refractivity contribution in [1.82, 2.24) is 4.98 Å². The molecule has 2 aromatic rings. The van der Waals surface area contributed by atoms with Crippen LogP contribution in [0.25, 0.3) is 0 Å². The van der Waals surface area contributed by atoms with Crippen molar-refractivity contribution < 1.29 is 9.53 Å². The lowest BCUT2D eigenvalue weighted by Crippen LogP contribution is -2.05. The van der Waals surface area contributed by atoms with Gasteiger partial charge in [-0.2, -0.15) is 0 Å². The zero-order chi connectivity index (χ0) is 13.0.